The molecule has 0 spiro atoms. The number of carbonyl (C=O) groups is 1. The maximum absolute atomic E-state index is 14.2. The molecule has 0 aromatic heterocycles. The lowest BCUT2D eigenvalue weighted by Gasteiger charge is -2.46. The van der Waals surface area contributed by atoms with E-state index in [9.17, 15) is 110 Å². The highest BCUT2D eigenvalue weighted by atomic mass is 32.2. The molecule has 382 valence electrons. The minimum absolute atomic E-state index is 0.168. The fourth-order valence-electron chi connectivity index (χ4n) is 7.37. The lowest BCUT2D eigenvalue weighted by Crippen LogP contribution is -2.75. The second-order valence-corrected chi connectivity index (χ2v) is 17.8. The second-order valence-electron chi connectivity index (χ2n) is 15.6. The van der Waals surface area contributed by atoms with Gasteiger partial charge in [0.1, 0.15) is 11.9 Å². The van der Waals surface area contributed by atoms with Gasteiger partial charge in [-0.15, -0.1) is 0 Å². The number of benzene rings is 5. The molecule has 1 nitrogen and oxygen atoms in total. The summed E-state index contributed by atoms with van der Waals surface area (Å²) in [5.74, 6) is 1.18. The van der Waals surface area contributed by atoms with E-state index < -0.39 is 195 Å². The van der Waals surface area contributed by atoms with E-state index in [-0.39, 0.29) is 5.78 Å². The number of carbonyl (C=O) groups excluding carboxylic acids is 1. The van der Waals surface area contributed by atoms with Gasteiger partial charge in [0.2, 0.25) is 0 Å². The highest BCUT2D eigenvalue weighted by Crippen LogP contribution is 2.41. The summed E-state index contributed by atoms with van der Waals surface area (Å²) >= 11 is 0. The first-order valence-corrected chi connectivity index (χ1v) is 21.1. The minimum Gasteiger partial charge on any atom is -0.294 e. The molecule has 5 aromatic rings. The standard InChI is InChI=1S/C32H12BF24.C11H15OS/c34-25(35,36)13-1-14(26(37,38)39)6-21(5-13)33(22-7-15(27(40,41)42)2-16(8-22)28(43,44)45,23-9-17(29(46,47)48)3-18(10-23)30(49,50)51)24-11-19(31(52,53)54)4-20(12-24)32(55,56)57;1-9(12)11-7-5-4-6-10(11)8-13(2)3/h1-12H;4-7H,8H2,1-3H3/q-1;+1. The van der Waals surface area contributed by atoms with Crippen LogP contribution in [-0.2, 0) is 66.1 Å². The van der Waals surface area contributed by atoms with Crippen molar-refractivity contribution < 1.29 is 110 Å². The van der Waals surface area contributed by atoms with Gasteiger partial charge < -0.3 is 0 Å². The van der Waals surface area contributed by atoms with Crippen LogP contribution in [0.3, 0.4) is 0 Å². The quantitative estimate of drug-likeness (QED) is 0.0687. The monoisotopic (exact) mass is 1060 g/mol. The van der Waals surface area contributed by atoms with Crippen LogP contribution in [0.15, 0.2) is 97.1 Å². The van der Waals surface area contributed by atoms with Crippen molar-refractivity contribution in [2.75, 3.05) is 12.5 Å². The number of ketones is 1. The minimum atomic E-state index is -6.13. The SMILES string of the molecule is CC(=O)c1ccccc1C[S+](C)C.FC(F)(F)c1cc([B-](c2cc(C(F)(F)F)cc(C(F)(F)F)c2)(c2cc(C(F)(F)F)cc(C(F)(F)F)c2)c2cc(C(F)(F)F)cc(C(F)(F)F)c2)cc(C(F)(F)F)c1. The summed E-state index contributed by atoms with van der Waals surface area (Å²) < 4.78 is 341. The van der Waals surface area contributed by atoms with Gasteiger partial charge in [0, 0.05) is 11.1 Å². The summed E-state index contributed by atoms with van der Waals surface area (Å²) in [5, 5.41) is 0. The molecular formula is C43H27BF24OS. The van der Waals surface area contributed by atoms with Gasteiger partial charge >= 0.3 is 49.4 Å². The zero-order valence-corrected chi connectivity index (χ0v) is 35.7. The van der Waals surface area contributed by atoms with Crippen LogP contribution in [0.25, 0.3) is 0 Å². The Morgan fingerprint density at radius 1 is 0.371 bits per heavy atom. The average Bonchev–Trinajstić information content (AvgIpc) is 3.18. The van der Waals surface area contributed by atoms with Crippen LogP contribution in [0.1, 0.15) is 67.4 Å². The predicted molar refractivity (Wildman–Crippen MR) is 209 cm³/mol. The highest BCUT2D eigenvalue weighted by Gasteiger charge is 2.47. The van der Waals surface area contributed by atoms with Gasteiger partial charge in [-0.05, 0) is 42.1 Å². The molecule has 0 saturated heterocycles. The topological polar surface area (TPSA) is 17.1 Å². The molecule has 27 heteroatoms. The second kappa shape index (κ2) is 19.3. The van der Waals surface area contributed by atoms with Gasteiger partial charge in [-0.3, -0.25) is 4.79 Å². The van der Waals surface area contributed by atoms with E-state index in [1.165, 1.54) is 5.56 Å². The lowest BCUT2D eigenvalue weighted by atomic mass is 9.12. The van der Waals surface area contributed by atoms with Gasteiger partial charge in [0.25, 0.3) is 0 Å². The van der Waals surface area contributed by atoms with Crippen LogP contribution in [-0.4, -0.2) is 24.4 Å². The van der Waals surface area contributed by atoms with E-state index in [1.807, 2.05) is 24.3 Å². The third-order valence-corrected chi connectivity index (χ3v) is 11.2. The lowest BCUT2D eigenvalue weighted by molar-refractivity contribution is -0.144. The van der Waals surface area contributed by atoms with Gasteiger partial charge in [0.05, 0.1) is 57.0 Å². The largest absolute Gasteiger partial charge is 0.416 e. The predicted octanol–water partition coefficient (Wildman–Crippen LogP) is 13.5. The molecule has 70 heavy (non-hydrogen) atoms. The Hall–Kier alpha value is -5.50. The van der Waals surface area contributed by atoms with Crippen molar-refractivity contribution in [2.24, 2.45) is 0 Å². The van der Waals surface area contributed by atoms with E-state index in [1.54, 1.807) is 6.92 Å². The number of hydrogen-bond donors (Lipinski definition) is 0. The van der Waals surface area contributed by atoms with Crippen LogP contribution in [0.5, 0.6) is 0 Å². The first-order chi connectivity index (χ1) is 31.4. The zero-order chi connectivity index (χ0) is 53.8. The fourth-order valence-corrected chi connectivity index (χ4v) is 8.24. The first kappa shape index (κ1) is 57.1. The van der Waals surface area contributed by atoms with Crippen molar-refractivity contribution in [1.29, 1.82) is 0 Å². The van der Waals surface area contributed by atoms with Crippen molar-refractivity contribution in [1.82, 2.24) is 0 Å². The molecule has 0 atom stereocenters. The fraction of sp³-hybridized carbons (Fsp3) is 0.279. The van der Waals surface area contributed by atoms with Crippen LogP contribution in [0, 0.1) is 0 Å². The molecule has 5 aromatic carbocycles. The Morgan fingerprint density at radius 3 is 0.743 bits per heavy atom. The van der Waals surface area contributed by atoms with Gasteiger partial charge in [-0.2, -0.15) is 127 Å². The third-order valence-electron chi connectivity index (χ3n) is 10.3. The van der Waals surface area contributed by atoms with Crippen LogP contribution >= 0.6 is 0 Å². The smallest absolute Gasteiger partial charge is 0.294 e. The van der Waals surface area contributed by atoms with Crippen LogP contribution in [0.4, 0.5) is 105 Å². The Labute approximate surface area is 381 Å². The molecule has 0 aliphatic carbocycles. The molecule has 0 heterocycles. The molecule has 0 bridgehead atoms. The summed E-state index contributed by atoms with van der Waals surface area (Å²) in [7, 11) is 0.354. The molecule has 0 unspecified atom stereocenters. The average molecular weight is 1060 g/mol. The molecule has 0 saturated carbocycles. The number of alkyl halides is 24. The maximum atomic E-state index is 14.2. The van der Waals surface area contributed by atoms with Gasteiger partial charge in [0.15, 0.2) is 5.78 Å². The van der Waals surface area contributed by atoms with Crippen molar-refractivity contribution in [3.63, 3.8) is 0 Å². The summed E-state index contributed by atoms with van der Waals surface area (Å²) in [5.41, 5.74) is -28.1. The number of hydrogen-bond acceptors (Lipinski definition) is 1. The molecule has 0 aliphatic rings. The van der Waals surface area contributed by atoms with E-state index >= 15 is 0 Å². The Balaban J connectivity index is 0.000000707. The summed E-state index contributed by atoms with van der Waals surface area (Å²) in [4.78, 5) is 11.3. The molecule has 0 fully saturated rings. The van der Waals surface area contributed by atoms with Crippen molar-refractivity contribution in [3.05, 3.63) is 153 Å². The van der Waals surface area contributed by atoms with Crippen molar-refractivity contribution >= 4 is 44.7 Å². The number of halogens is 24. The highest BCUT2D eigenvalue weighted by molar-refractivity contribution is 7.94. The molecule has 0 radical (unpaired) electrons. The zero-order valence-electron chi connectivity index (χ0n) is 34.9. The van der Waals surface area contributed by atoms with Crippen LogP contribution < -0.4 is 21.9 Å². The van der Waals surface area contributed by atoms with E-state index in [0.717, 1.165) is 11.3 Å². The molecule has 0 amide bonds. The first-order valence-electron chi connectivity index (χ1n) is 18.9. The number of Topliss-reactive ketones (excluding diaryl/α,β-unsaturated/α-hetero) is 1. The molecule has 0 N–H and O–H groups in total. The molecule has 0 aliphatic heterocycles. The third kappa shape index (κ3) is 13.3. The van der Waals surface area contributed by atoms with E-state index in [2.05, 4.69) is 12.5 Å². The van der Waals surface area contributed by atoms with Gasteiger partial charge in [-0.25, -0.2) is 0 Å². The normalized spacial score (nSPS) is 13.6. The Bertz CT molecular complexity index is 2260. The van der Waals surface area contributed by atoms with Gasteiger partial charge in [-0.1, -0.05) is 72.8 Å². The molecular weight excluding hydrogens is 1030 g/mol. The number of rotatable bonds is 7. The van der Waals surface area contributed by atoms with Crippen LogP contribution in [0.2, 0.25) is 0 Å². The Morgan fingerprint density at radius 2 is 0.571 bits per heavy atom. The molecule has 5 rings (SSSR count). The Kier molecular flexibility index (Phi) is 15.7. The van der Waals surface area contributed by atoms with Crippen molar-refractivity contribution in [2.45, 2.75) is 62.1 Å². The van der Waals surface area contributed by atoms with E-state index in [0.29, 0.717) is 10.9 Å². The summed E-state index contributed by atoms with van der Waals surface area (Å²) in [6, 6.07) is -0.943. The van der Waals surface area contributed by atoms with E-state index in [4.69, 9.17) is 0 Å². The summed E-state index contributed by atoms with van der Waals surface area (Å²) in [6.45, 7) is 1.63. The van der Waals surface area contributed by atoms with Crippen molar-refractivity contribution in [3.8, 4) is 0 Å². The maximum Gasteiger partial charge on any atom is 0.416 e. The summed E-state index contributed by atoms with van der Waals surface area (Å²) in [6.07, 6.45) is -50.4.